The molecule has 1 fully saturated rings. The summed E-state index contributed by atoms with van der Waals surface area (Å²) in [5, 5.41) is 9.42. The quantitative estimate of drug-likeness (QED) is 0.734. The van der Waals surface area contributed by atoms with Crippen molar-refractivity contribution in [3.8, 4) is 0 Å². The van der Waals surface area contributed by atoms with E-state index in [1.54, 1.807) is 6.26 Å². The van der Waals surface area contributed by atoms with Crippen LogP contribution in [-0.4, -0.2) is 36.8 Å². The molecule has 0 bridgehead atoms. The van der Waals surface area contributed by atoms with E-state index in [1.165, 1.54) is 0 Å². The van der Waals surface area contributed by atoms with E-state index in [2.05, 4.69) is 11.9 Å². The Bertz CT molecular complexity index is 270. The maximum atomic E-state index is 9.42. The van der Waals surface area contributed by atoms with Crippen LogP contribution in [0.25, 0.3) is 0 Å². The van der Waals surface area contributed by atoms with E-state index in [0.29, 0.717) is 0 Å². The number of aliphatic hydroxyl groups excluding tert-OH is 1. The van der Waals surface area contributed by atoms with Crippen molar-refractivity contribution in [2.45, 2.75) is 11.8 Å². The Morgan fingerprint density at radius 3 is 3.00 bits per heavy atom. The van der Waals surface area contributed by atoms with Gasteiger partial charge in [-0.3, -0.25) is 0 Å². The highest BCUT2D eigenvalue weighted by Gasteiger charge is 2.40. The largest absolute Gasteiger partial charge is 0.469 e. The van der Waals surface area contributed by atoms with Crippen molar-refractivity contribution < 1.29 is 9.52 Å². The average Bonchev–Trinajstić information content (AvgIpc) is 2.73. The summed E-state index contributed by atoms with van der Waals surface area (Å²) in [4.78, 5) is 2.22. The number of likely N-dealkylation sites (N-methyl/N-ethyl adjacent to an activating group) is 1. The van der Waals surface area contributed by atoms with Gasteiger partial charge in [0.1, 0.15) is 5.76 Å². The first-order valence-corrected chi connectivity index (χ1v) is 4.60. The third kappa shape index (κ3) is 1.38. The number of aliphatic hydroxyl groups is 1. The van der Waals surface area contributed by atoms with E-state index in [4.69, 9.17) is 4.42 Å². The second-order valence-corrected chi connectivity index (χ2v) is 3.90. The van der Waals surface area contributed by atoms with Gasteiger partial charge in [0.2, 0.25) is 0 Å². The van der Waals surface area contributed by atoms with Crippen molar-refractivity contribution in [3.63, 3.8) is 0 Å². The Balaban J connectivity index is 2.26. The summed E-state index contributed by atoms with van der Waals surface area (Å²) in [6, 6.07) is 3.83. The van der Waals surface area contributed by atoms with E-state index in [-0.39, 0.29) is 12.0 Å². The molecule has 0 spiro atoms. The van der Waals surface area contributed by atoms with Crippen LogP contribution in [0.2, 0.25) is 0 Å². The molecule has 0 amide bonds. The topological polar surface area (TPSA) is 36.6 Å². The minimum absolute atomic E-state index is 0.155. The molecule has 1 aliphatic heterocycles. The van der Waals surface area contributed by atoms with E-state index in [1.807, 2.05) is 12.1 Å². The molecular weight excluding hydrogens is 166 g/mol. The SMILES string of the molecule is CN1CCC(CO)(c2ccco2)C1. The highest BCUT2D eigenvalue weighted by atomic mass is 16.3. The summed E-state index contributed by atoms with van der Waals surface area (Å²) in [5.41, 5.74) is -0.155. The average molecular weight is 181 g/mol. The zero-order valence-electron chi connectivity index (χ0n) is 7.86. The molecule has 3 heteroatoms. The van der Waals surface area contributed by atoms with Crippen LogP contribution in [-0.2, 0) is 5.41 Å². The normalized spacial score (nSPS) is 29.7. The third-order valence-corrected chi connectivity index (χ3v) is 2.89. The first-order valence-electron chi connectivity index (χ1n) is 4.60. The molecule has 1 unspecified atom stereocenters. The van der Waals surface area contributed by atoms with Crippen LogP contribution in [0.5, 0.6) is 0 Å². The van der Waals surface area contributed by atoms with Crippen LogP contribution in [0.15, 0.2) is 22.8 Å². The Labute approximate surface area is 78.0 Å². The van der Waals surface area contributed by atoms with E-state index < -0.39 is 0 Å². The van der Waals surface area contributed by atoms with Crippen molar-refractivity contribution in [3.05, 3.63) is 24.2 Å². The standard InChI is InChI=1S/C10H15NO2/c1-11-5-4-10(7-11,8-12)9-3-2-6-13-9/h2-3,6,12H,4-5,7-8H2,1H3. The molecule has 13 heavy (non-hydrogen) atoms. The maximum absolute atomic E-state index is 9.42. The zero-order valence-corrected chi connectivity index (χ0v) is 7.86. The molecule has 1 saturated heterocycles. The number of nitrogens with zero attached hydrogens (tertiary/aromatic N) is 1. The summed E-state index contributed by atoms with van der Waals surface area (Å²) in [7, 11) is 2.07. The van der Waals surface area contributed by atoms with Crippen LogP contribution in [0, 0.1) is 0 Å². The predicted molar refractivity (Wildman–Crippen MR) is 49.6 cm³/mol. The lowest BCUT2D eigenvalue weighted by Gasteiger charge is -2.23. The predicted octanol–water partition coefficient (Wildman–Crippen LogP) is 0.845. The molecule has 1 aromatic heterocycles. The second-order valence-electron chi connectivity index (χ2n) is 3.90. The highest BCUT2D eigenvalue weighted by molar-refractivity contribution is 5.17. The van der Waals surface area contributed by atoms with Gasteiger partial charge in [0.25, 0.3) is 0 Å². The minimum Gasteiger partial charge on any atom is -0.469 e. The second kappa shape index (κ2) is 3.16. The highest BCUT2D eigenvalue weighted by Crippen LogP contribution is 2.33. The lowest BCUT2D eigenvalue weighted by Crippen LogP contribution is -2.33. The van der Waals surface area contributed by atoms with Crippen molar-refractivity contribution in [1.82, 2.24) is 4.90 Å². The van der Waals surface area contributed by atoms with Crippen LogP contribution >= 0.6 is 0 Å². The molecule has 1 N–H and O–H groups in total. The van der Waals surface area contributed by atoms with Crippen LogP contribution in [0.1, 0.15) is 12.2 Å². The lowest BCUT2D eigenvalue weighted by molar-refractivity contribution is 0.173. The number of likely N-dealkylation sites (tertiary alicyclic amines) is 1. The van der Waals surface area contributed by atoms with Gasteiger partial charge < -0.3 is 14.4 Å². The lowest BCUT2D eigenvalue weighted by atomic mass is 9.85. The smallest absolute Gasteiger partial charge is 0.113 e. The molecular formula is C10H15NO2. The number of furan rings is 1. The van der Waals surface area contributed by atoms with E-state index in [9.17, 15) is 5.11 Å². The summed E-state index contributed by atoms with van der Waals surface area (Å²) < 4.78 is 5.37. The number of hydrogen-bond donors (Lipinski definition) is 1. The fourth-order valence-electron chi connectivity index (χ4n) is 2.07. The molecule has 2 rings (SSSR count). The van der Waals surface area contributed by atoms with Crippen molar-refractivity contribution in [2.75, 3.05) is 26.7 Å². The van der Waals surface area contributed by atoms with Crippen LogP contribution in [0.3, 0.4) is 0 Å². The fraction of sp³-hybridized carbons (Fsp3) is 0.600. The summed E-state index contributed by atoms with van der Waals surface area (Å²) in [6.07, 6.45) is 2.65. The molecule has 0 radical (unpaired) electrons. The Hall–Kier alpha value is -0.800. The van der Waals surface area contributed by atoms with E-state index in [0.717, 1.165) is 25.3 Å². The van der Waals surface area contributed by atoms with E-state index >= 15 is 0 Å². The third-order valence-electron chi connectivity index (χ3n) is 2.89. The van der Waals surface area contributed by atoms with Gasteiger partial charge >= 0.3 is 0 Å². The van der Waals surface area contributed by atoms with Gasteiger partial charge in [-0.15, -0.1) is 0 Å². The molecule has 72 valence electrons. The molecule has 3 nitrogen and oxygen atoms in total. The Morgan fingerprint density at radius 1 is 1.69 bits per heavy atom. The molecule has 1 aliphatic rings. The molecule has 0 aromatic carbocycles. The van der Waals surface area contributed by atoms with Gasteiger partial charge in [-0.25, -0.2) is 0 Å². The zero-order chi connectivity index (χ0) is 9.31. The van der Waals surface area contributed by atoms with Crippen LogP contribution in [0.4, 0.5) is 0 Å². The summed E-state index contributed by atoms with van der Waals surface area (Å²) >= 11 is 0. The first kappa shape index (κ1) is 8.78. The van der Waals surface area contributed by atoms with Crippen molar-refractivity contribution in [1.29, 1.82) is 0 Å². The van der Waals surface area contributed by atoms with Crippen molar-refractivity contribution in [2.24, 2.45) is 0 Å². The van der Waals surface area contributed by atoms with Crippen LogP contribution < -0.4 is 0 Å². The maximum Gasteiger partial charge on any atom is 0.113 e. The molecule has 2 heterocycles. The van der Waals surface area contributed by atoms with Gasteiger partial charge in [-0.1, -0.05) is 0 Å². The molecule has 0 aliphatic carbocycles. The molecule has 1 aromatic rings. The number of hydrogen-bond acceptors (Lipinski definition) is 3. The summed E-state index contributed by atoms with van der Waals surface area (Å²) in [6.45, 7) is 2.09. The van der Waals surface area contributed by atoms with Gasteiger partial charge in [-0.05, 0) is 32.1 Å². The first-order chi connectivity index (χ1) is 6.27. The van der Waals surface area contributed by atoms with Crippen molar-refractivity contribution >= 4 is 0 Å². The van der Waals surface area contributed by atoms with Gasteiger partial charge in [0.05, 0.1) is 18.3 Å². The van der Waals surface area contributed by atoms with Gasteiger partial charge in [0, 0.05) is 6.54 Å². The van der Waals surface area contributed by atoms with Gasteiger partial charge in [0.15, 0.2) is 0 Å². The number of rotatable bonds is 2. The Kier molecular flexibility index (Phi) is 2.14. The Morgan fingerprint density at radius 2 is 2.54 bits per heavy atom. The molecule has 1 atom stereocenters. The fourth-order valence-corrected chi connectivity index (χ4v) is 2.07. The molecule has 0 saturated carbocycles. The van der Waals surface area contributed by atoms with Gasteiger partial charge in [-0.2, -0.15) is 0 Å². The monoisotopic (exact) mass is 181 g/mol. The minimum atomic E-state index is -0.155. The summed E-state index contributed by atoms with van der Waals surface area (Å²) in [5.74, 6) is 0.916.